The number of aryl methyl sites for hydroxylation is 1. The fourth-order valence-corrected chi connectivity index (χ4v) is 5.33. The molecule has 2 saturated heterocycles. The van der Waals surface area contributed by atoms with Gasteiger partial charge in [0.2, 0.25) is 0 Å². The van der Waals surface area contributed by atoms with Gasteiger partial charge >= 0.3 is 0 Å². The van der Waals surface area contributed by atoms with Gasteiger partial charge in [-0.3, -0.25) is 4.98 Å². The lowest BCUT2D eigenvalue weighted by Crippen LogP contribution is -2.33. The van der Waals surface area contributed by atoms with Crippen molar-refractivity contribution < 1.29 is 4.42 Å². The minimum Gasteiger partial charge on any atom is -0.464 e. The normalized spacial score (nSPS) is 21.8. The molecule has 5 rings (SSSR count). The van der Waals surface area contributed by atoms with E-state index >= 15 is 0 Å². The lowest BCUT2D eigenvalue weighted by molar-refractivity contribution is 0.418. The van der Waals surface area contributed by atoms with E-state index in [1.165, 1.54) is 12.8 Å². The predicted octanol–water partition coefficient (Wildman–Crippen LogP) is 6.05. The number of aromatic nitrogens is 1. The van der Waals surface area contributed by atoms with Crippen molar-refractivity contribution in [2.24, 2.45) is 5.92 Å². The summed E-state index contributed by atoms with van der Waals surface area (Å²) < 4.78 is 6.07. The molecule has 1 N–H and O–H groups in total. The van der Waals surface area contributed by atoms with Gasteiger partial charge in [0, 0.05) is 25.0 Å². The Hall–Kier alpha value is -2.57. The predicted molar refractivity (Wildman–Crippen MR) is 133 cm³/mol. The Morgan fingerprint density at radius 3 is 2.59 bits per heavy atom. The van der Waals surface area contributed by atoms with Crippen LogP contribution in [0.4, 0.5) is 11.4 Å². The topological polar surface area (TPSA) is 44.5 Å². The molecule has 166 valence electrons. The largest absolute Gasteiger partial charge is 0.464 e. The number of halogens is 1. The van der Waals surface area contributed by atoms with Crippen LogP contribution in [0.25, 0.3) is 0 Å². The second kappa shape index (κ2) is 8.75. The highest BCUT2D eigenvalue weighted by Crippen LogP contribution is 2.43. The zero-order valence-corrected chi connectivity index (χ0v) is 19.9. The van der Waals surface area contributed by atoms with Crippen LogP contribution >= 0.6 is 23.8 Å². The van der Waals surface area contributed by atoms with Gasteiger partial charge in [0.1, 0.15) is 17.6 Å². The number of hydrogen-bond donors (Lipinski definition) is 1. The first-order chi connectivity index (χ1) is 15.5. The van der Waals surface area contributed by atoms with Crippen LogP contribution in [-0.4, -0.2) is 23.2 Å². The highest BCUT2D eigenvalue weighted by Gasteiger charge is 2.42. The molecule has 0 radical (unpaired) electrons. The standard InChI is InChI=1S/C25H27ClN4OS/c1-16-10-13-29(14-11-16)21-8-7-18(15-19(21)26)30-24(22-9-6-17(2)31-22)23(28-25(30)32)20-5-3-4-12-27-20/h3-9,12,15-16,23-24H,10-11,13-14H2,1-2H3,(H,28,32)/t23-,24-/m1/s1. The number of nitrogens with zero attached hydrogens (tertiary/aromatic N) is 3. The fourth-order valence-electron chi connectivity index (χ4n) is 4.69. The summed E-state index contributed by atoms with van der Waals surface area (Å²) in [6.45, 7) is 6.35. The Bertz CT molecular complexity index is 1110. The fraction of sp³-hybridized carbons (Fsp3) is 0.360. The Morgan fingerprint density at radius 2 is 1.94 bits per heavy atom. The van der Waals surface area contributed by atoms with Crippen LogP contribution in [0, 0.1) is 12.8 Å². The van der Waals surface area contributed by atoms with Crippen molar-refractivity contribution in [2.45, 2.75) is 38.8 Å². The van der Waals surface area contributed by atoms with E-state index in [4.69, 9.17) is 28.2 Å². The van der Waals surface area contributed by atoms with E-state index in [-0.39, 0.29) is 12.1 Å². The van der Waals surface area contributed by atoms with Gasteiger partial charge in [-0.2, -0.15) is 0 Å². The van der Waals surface area contributed by atoms with E-state index in [1.807, 2.05) is 43.3 Å². The van der Waals surface area contributed by atoms with Crippen molar-refractivity contribution in [3.8, 4) is 0 Å². The third kappa shape index (κ3) is 3.97. The molecule has 1 aromatic carbocycles. The van der Waals surface area contributed by atoms with Gasteiger partial charge in [0.15, 0.2) is 5.11 Å². The smallest absolute Gasteiger partial charge is 0.174 e. The van der Waals surface area contributed by atoms with Crippen LogP contribution in [-0.2, 0) is 0 Å². The number of nitrogens with one attached hydrogen (secondary N) is 1. The average molecular weight is 467 g/mol. The first kappa shape index (κ1) is 21.3. The molecule has 3 aromatic rings. The first-order valence-electron chi connectivity index (χ1n) is 11.1. The monoisotopic (exact) mass is 466 g/mol. The number of furan rings is 1. The Balaban J connectivity index is 1.51. The van der Waals surface area contributed by atoms with Crippen LogP contribution < -0.4 is 15.1 Å². The van der Waals surface area contributed by atoms with Gasteiger partial charge in [-0.1, -0.05) is 24.6 Å². The maximum atomic E-state index is 6.81. The molecule has 32 heavy (non-hydrogen) atoms. The van der Waals surface area contributed by atoms with Crippen molar-refractivity contribution in [1.82, 2.24) is 10.3 Å². The third-order valence-electron chi connectivity index (χ3n) is 6.48. The number of thiocarbonyl (C=S) groups is 1. The summed E-state index contributed by atoms with van der Waals surface area (Å²) in [7, 11) is 0. The zero-order valence-electron chi connectivity index (χ0n) is 18.3. The molecule has 7 heteroatoms. The van der Waals surface area contributed by atoms with E-state index in [0.29, 0.717) is 5.11 Å². The Labute approximate surface area is 199 Å². The summed E-state index contributed by atoms with van der Waals surface area (Å²) in [5, 5.41) is 4.84. The second-order valence-corrected chi connectivity index (χ2v) is 9.54. The minimum atomic E-state index is -0.163. The quantitative estimate of drug-likeness (QED) is 0.472. The van der Waals surface area contributed by atoms with Crippen LogP contribution in [0.1, 0.15) is 49.1 Å². The molecule has 2 atom stereocenters. The lowest BCUT2D eigenvalue weighted by atomic mass is 9.98. The van der Waals surface area contributed by atoms with E-state index < -0.39 is 0 Å². The molecule has 2 aromatic heterocycles. The zero-order chi connectivity index (χ0) is 22.2. The number of benzene rings is 1. The summed E-state index contributed by atoms with van der Waals surface area (Å²) in [4.78, 5) is 9.07. The first-order valence-corrected chi connectivity index (χ1v) is 11.9. The number of rotatable bonds is 4. The summed E-state index contributed by atoms with van der Waals surface area (Å²) in [6.07, 6.45) is 4.20. The molecular formula is C25H27ClN4OS. The number of hydrogen-bond acceptors (Lipinski definition) is 4. The van der Waals surface area contributed by atoms with Gasteiger partial charge in [0.25, 0.3) is 0 Å². The molecule has 2 aliphatic rings. The highest BCUT2D eigenvalue weighted by molar-refractivity contribution is 7.80. The van der Waals surface area contributed by atoms with Crippen molar-refractivity contribution >= 4 is 40.3 Å². The van der Waals surface area contributed by atoms with E-state index in [2.05, 4.69) is 39.2 Å². The molecule has 0 bridgehead atoms. The molecule has 2 fully saturated rings. The van der Waals surface area contributed by atoms with Crippen molar-refractivity contribution in [2.75, 3.05) is 22.9 Å². The molecular weight excluding hydrogens is 440 g/mol. The molecule has 0 spiro atoms. The van der Waals surface area contributed by atoms with Crippen LogP contribution in [0.5, 0.6) is 0 Å². The molecule has 0 unspecified atom stereocenters. The van der Waals surface area contributed by atoms with Crippen LogP contribution in [0.2, 0.25) is 5.02 Å². The van der Waals surface area contributed by atoms with Gasteiger partial charge in [-0.05, 0) is 80.4 Å². The number of anilines is 2. The number of piperidine rings is 1. The van der Waals surface area contributed by atoms with E-state index in [0.717, 1.165) is 52.6 Å². The molecule has 5 nitrogen and oxygen atoms in total. The molecule has 0 aliphatic carbocycles. The maximum Gasteiger partial charge on any atom is 0.174 e. The lowest BCUT2D eigenvalue weighted by Gasteiger charge is -2.33. The van der Waals surface area contributed by atoms with Crippen LogP contribution in [0.3, 0.4) is 0 Å². The molecule has 4 heterocycles. The van der Waals surface area contributed by atoms with Gasteiger partial charge < -0.3 is 19.5 Å². The summed E-state index contributed by atoms with van der Waals surface area (Å²) >= 11 is 12.6. The van der Waals surface area contributed by atoms with Gasteiger partial charge in [0.05, 0.1) is 22.4 Å². The van der Waals surface area contributed by atoms with Gasteiger partial charge in [-0.15, -0.1) is 0 Å². The Morgan fingerprint density at radius 1 is 1.12 bits per heavy atom. The van der Waals surface area contributed by atoms with Gasteiger partial charge in [-0.25, -0.2) is 0 Å². The van der Waals surface area contributed by atoms with Crippen molar-refractivity contribution in [1.29, 1.82) is 0 Å². The summed E-state index contributed by atoms with van der Waals surface area (Å²) in [5.74, 6) is 2.49. The highest BCUT2D eigenvalue weighted by atomic mass is 35.5. The van der Waals surface area contributed by atoms with Crippen molar-refractivity contribution in [3.63, 3.8) is 0 Å². The number of pyridine rings is 1. The van der Waals surface area contributed by atoms with E-state index in [9.17, 15) is 0 Å². The van der Waals surface area contributed by atoms with Crippen LogP contribution in [0.15, 0.2) is 59.1 Å². The molecule has 2 aliphatic heterocycles. The summed E-state index contributed by atoms with van der Waals surface area (Å²) in [6, 6.07) is 15.9. The maximum absolute atomic E-state index is 6.81. The average Bonchev–Trinajstić information content (AvgIpc) is 3.38. The third-order valence-corrected chi connectivity index (χ3v) is 7.10. The van der Waals surface area contributed by atoms with Crippen molar-refractivity contribution in [3.05, 3.63) is 77.0 Å². The SMILES string of the molecule is Cc1ccc([C@@H]2[C@@H](c3ccccn3)NC(=S)N2c2ccc(N3CCC(C)CC3)c(Cl)c2)o1. The second-order valence-electron chi connectivity index (χ2n) is 8.75. The molecule has 0 amide bonds. The molecule has 0 saturated carbocycles. The minimum absolute atomic E-state index is 0.128. The Kier molecular flexibility index (Phi) is 5.82. The summed E-state index contributed by atoms with van der Waals surface area (Å²) in [5.41, 5.74) is 2.95. The van der Waals surface area contributed by atoms with E-state index in [1.54, 1.807) is 6.20 Å².